The average molecular weight is 321 g/mol. The van der Waals surface area contributed by atoms with Gasteiger partial charge in [0.15, 0.2) is 0 Å². The number of aliphatic hydroxyl groups excluding tert-OH is 2. The molecule has 9 heteroatoms. The molecule has 122 valence electrons. The van der Waals surface area contributed by atoms with Gasteiger partial charge in [0.05, 0.1) is 17.4 Å². The Kier molecular flexibility index (Phi) is 3.84. The molecule has 2 amide bonds. The molecule has 2 aliphatic rings. The number of benzene rings is 1. The second kappa shape index (κ2) is 5.69. The van der Waals surface area contributed by atoms with E-state index in [4.69, 9.17) is 0 Å². The van der Waals surface area contributed by atoms with Gasteiger partial charge in [0, 0.05) is 6.07 Å². The maximum atomic E-state index is 12.7. The lowest BCUT2D eigenvalue weighted by Crippen LogP contribution is -2.61. The van der Waals surface area contributed by atoms with E-state index in [-0.39, 0.29) is 30.5 Å². The van der Waals surface area contributed by atoms with Crippen molar-refractivity contribution in [3.05, 3.63) is 39.4 Å². The number of hydrogen-bond acceptors (Lipinski definition) is 7. The van der Waals surface area contributed by atoms with Gasteiger partial charge in [-0.3, -0.25) is 29.9 Å². The summed E-state index contributed by atoms with van der Waals surface area (Å²) in [5.41, 5.74) is -0.164. The van der Waals surface area contributed by atoms with Gasteiger partial charge in [-0.15, -0.1) is 0 Å². The number of aliphatic hydroxyl groups is 2. The molecule has 1 fully saturated rings. The summed E-state index contributed by atoms with van der Waals surface area (Å²) >= 11 is 0. The molecule has 0 radical (unpaired) electrons. The number of imide groups is 1. The smallest absolute Gasteiger partial charge is 0.282 e. The van der Waals surface area contributed by atoms with Crippen LogP contribution in [0.15, 0.2) is 18.2 Å². The number of piperidine rings is 1. The number of nitro groups is 1. The van der Waals surface area contributed by atoms with Crippen LogP contribution in [0, 0.1) is 10.1 Å². The zero-order valence-corrected chi connectivity index (χ0v) is 12.0. The molecule has 3 atom stereocenters. The number of rotatable bonds is 2. The van der Waals surface area contributed by atoms with Gasteiger partial charge < -0.3 is 10.2 Å². The molecule has 1 aromatic carbocycles. The van der Waals surface area contributed by atoms with Crippen LogP contribution < -0.4 is 5.32 Å². The Labute approximate surface area is 130 Å². The first kappa shape index (κ1) is 15.5. The molecule has 3 N–H and O–H groups in total. The predicted octanol–water partition coefficient (Wildman–Crippen LogP) is -0.492. The van der Waals surface area contributed by atoms with E-state index in [2.05, 4.69) is 5.32 Å². The first-order valence-corrected chi connectivity index (χ1v) is 7.15. The third kappa shape index (κ3) is 2.58. The van der Waals surface area contributed by atoms with Crippen LogP contribution in [-0.4, -0.2) is 50.3 Å². The van der Waals surface area contributed by atoms with Crippen LogP contribution in [0.4, 0.5) is 5.69 Å². The van der Waals surface area contributed by atoms with Crippen molar-refractivity contribution in [3.63, 3.8) is 0 Å². The topological polar surface area (TPSA) is 133 Å². The maximum absolute atomic E-state index is 12.7. The highest BCUT2D eigenvalue weighted by Crippen LogP contribution is 2.31. The van der Waals surface area contributed by atoms with Gasteiger partial charge >= 0.3 is 0 Å². The van der Waals surface area contributed by atoms with Gasteiger partial charge in [-0.2, -0.15) is 0 Å². The van der Waals surface area contributed by atoms with Crippen molar-refractivity contribution in [3.8, 4) is 0 Å². The molecular weight excluding hydrogens is 306 g/mol. The Bertz CT molecular complexity index is 691. The molecule has 0 saturated carbocycles. The fourth-order valence-corrected chi connectivity index (χ4v) is 3.10. The molecule has 2 heterocycles. The highest BCUT2D eigenvalue weighted by molar-refractivity contribution is 6.12. The van der Waals surface area contributed by atoms with Crippen LogP contribution in [0.3, 0.4) is 0 Å². The summed E-state index contributed by atoms with van der Waals surface area (Å²) in [4.78, 5) is 36.3. The molecule has 0 aliphatic carbocycles. The Balaban J connectivity index is 2.01. The molecule has 23 heavy (non-hydrogen) atoms. The van der Waals surface area contributed by atoms with E-state index in [0.717, 1.165) is 4.90 Å². The van der Waals surface area contributed by atoms with Crippen LogP contribution in [0.5, 0.6) is 0 Å². The summed E-state index contributed by atoms with van der Waals surface area (Å²) in [5, 5.41) is 33.1. The second-order valence-corrected chi connectivity index (χ2v) is 5.59. The minimum Gasteiger partial charge on any atom is -0.379 e. The molecule has 1 aromatic rings. The molecule has 9 nitrogen and oxygen atoms in total. The van der Waals surface area contributed by atoms with Crippen molar-refractivity contribution in [2.24, 2.45) is 0 Å². The second-order valence-electron chi connectivity index (χ2n) is 5.59. The van der Waals surface area contributed by atoms with Crippen LogP contribution in [0.25, 0.3) is 0 Å². The minimum absolute atomic E-state index is 0.115. The summed E-state index contributed by atoms with van der Waals surface area (Å²) in [5.74, 6) is -1.31. The summed E-state index contributed by atoms with van der Waals surface area (Å²) in [6.45, 7) is 0. The number of carbonyl (C=O) groups is 2. The number of nitrogens with zero attached hydrogens (tertiary/aromatic N) is 2. The summed E-state index contributed by atoms with van der Waals surface area (Å²) in [6.07, 6.45) is -1.88. The van der Waals surface area contributed by atoms with Gasteiger partial charge in [0.25, 0.3) is 11.6 Å². The number of nitro benzene ring substituents is 1. The van der Waals surface area contributed by atoms with Crippen LogP contribution >= 0.6 is 0 Å². The van der Waals surface area contributed by atoms with Gasteiger partial charge in [0.1, 0.15) is 18.0 Å². The predicted molar refractivity (Wildman–Crippen MR) is 76.1 cm³/mol. The lowest BCUT2D eigenvalue weighted by atomic mass is 9.93. The monoisotopic (exact) mass is 321 g/mol. The Morgan fingerprint density at radius 1 is 1.26 bits per heavy atom. The van der Waals surface area contributed by atoms with E-state index in [9.17, 15) is 29.9 Å². The number of carbonyl (C=O) groups excluding carboxylic acids is 2. The van der Waals surface area contributed by atoms with E-state index in [0.29, 0.717) is 5.56 Å². The molecule has 3 rings (SSSR count). The van der Waals surface area contributed by atoms with Crippen LogP contribution in [0.1, 0.15) is 28.8 Å². The van der Waals surface area contributed by atoms with Crippen molar-refractivity contribution in [2.45, 2.75) is 37.8 Å². The SMILES string of the molecule is O=C1Cc2cccc([N+](=O)[O-])c2C(=O)N1C1CCC(O)NC1O. The van der Waals surface area contributed by atoms with Crippen molar-refractivity contribution in [2.75, 3.05) is 0 Å². The summed E-state index contributed by atoms with van der Waals surface area (Å²) < 4.78 is 0. The molecular formula is C14H15N3O6. The third-order valence-corrected chi connectivity index (χ3v) is 4.16. The Hall–Kier alpha value is -2.36. The highest BCUT2D eigenvalue weighted by atomic mass is 16.6. The van der Waals surface area contributed by atoms with E-state index in [1.54, 1.807) is 0 Å². The van der Waals surface area contributed by atoms with E-state index in [1.165, 1.54) is 18.2 Å². The Morgan fingerprint density at radius 3 is 2.65 bits per heavy atom. The van der Waals surface area contributed by atoms with Crippen molar-refractivity contribution >= 4 is 17.5 Å². The first-order chi connectivity index (χ1) is 10.9. The standard InChI is InChI=1S/C14H15N3O6/c18-10-5-4-9(13(20)15-10)16-11(19)6-7-2-1-3-8(17(22)23)12(7)14(16)21/h1-3,9-10,13,15,18,20H,4-6H2. The fourth-order valence-electron chi connectivity index (χ4n) is 3.10. The van der Waals surface area contributed by atoms with Gasteiger partial charge in [-0.1, -0.05) is 12.1 Å². The van der Waals surface area contributed by atoms with Crippen LogP contribution in [0.2, 0.25) is 0 Å². The number of nitrogens with one attached hydrogen (secondary N) is 1. The number of fused-ring (bicyclic) bond motifs is 1. The third-order valence-electron chi connectivity index (χ3n) is 4.16. The van der Waals surface area contributed by atoms with Gasteiger partial charge in [-0.25, -0.2) is 0 Å². The molecule has 3 unspecified atom stereocenters. The molecule has 0 aromatic heterocycles. The molecule has 0 spiro atoms. The number of hydrogen-bond donors (Lipinski definition) is 3. The van der Waals surface area contributed by atoms with Crippen LogP contribution in [-0.2, 0) is 11.2 Å². The zero-order valence-electron chi connectivity index (χ0n) is 12.0. The van der Waals surface area contributed by atoms with E-state index in [1.807, 2.05) is 0 Å². The van der Waals surface area contributed by atoms with Crippen molar-refractivity contribution in [1.82, 2.24) is 10.2 Å². The molecule has 0 bridgehead atoms. The lowest BCUT2D eigenvalue weighted by molar-refractivity contribution is -0.385. The molecule has 2 aliphatic heterocycles. The van der Waals surface area contributed by atoms with Gasteiger partial charge in [0.2, 0.25) is 5.91 Å². The van der Waals surface area contributed by atoms with E-state index < -0.39 is 35.2 Å². The highest BCUT2D eigenvalue weighted by Gasteiger charge is 2.43. The quantitative estimate of drug-likeness (QED) is 0.380. The maximum Gasteiger partial charge on any atom is 0.282 e. The first-order valence-electron chi connectivity index (χ1n) is 7.15. The lowest BCUT2D eigenvalue weighted by Gasteiger charge is -2.40. The summed E-state index contributed by atoms with van der Waals surface area (Å²) in [6, 6.07) is 3.28. The fraction of sp³-hybridized carbons (Fsp3) is 0.429. The summed E-state index contributed by atoms with van der Waals surface area (Å²) in [7, 11) is 0. The number of amides is 2. The average Bonchev–Trinajstić information content (AvgIpc) is 2.48. The van der Waals surface area contributed by atoms with E-state index >= 15 is 0 Å². The van der Waals surface area contributed by atoms with Gasteiger partial charge in [-0.05, 0) is 18.4 Å². The largest absolute Gasteiger partial charge is 0.379 e. The van der Waals surface area contributed by atoms with Crippen molar-refractivity contribution < 1.29 is 24.7 Å². The normalized spacial score (nSPS) is 27.7. The minimum atomic E-state index is -1.28. The zero-order chi connectivity index (χ0) is 16.7. The Morgan fingerprint density at radius 2 is 2.00 bits per heavy atom. The van der Waals surface area contributed by atoms with Crippen molar-refractivity contribution in [1.29, 1.82) is 0 Å². The molecule has 1 saturated heterocycles.